The third-order valence-corrected chi connectivity index (χ3v) is 2.96. The van der Waals surface area contributed by atoms with E-state index in [4.69, 9.17) is 11.6 Å². The normalized spacial score (nSPS) is 10.1. The van der Waals surface area contributed by atoms with E-state index in [1.807, 2.05) is 0 Å². The Bertz CT molecular complexity index is 479. The molecular formula is C13H15ClFNO3. The van der Waals surface area contributed by atoms with Crippen LogP contribution in [0.4, 0.5) is 4.39 Å². The largest absolute Gasteiger partial charge is 0.469 e. The van der Waals surface area contributed by atoms with Crippen molar-refractivity contribution in [2.45, 2.75) is 13.3 Å². The Kier molecular flexibility index (Phi) is 5.76. The fourth-order valence-corrected chi connectivity index (χ4v) is 1.66. The average Bonchev–Trinajstić information content (AvgIpc) is 2.41. The molecule has 0 N–H and O–H groups in total. The maximum absolute atomic E-state index is 13.3. The summed E-state index contributed by atoms with van der Waals surface area (Å²) in [5.41, 5.74) is 0.202. The lowest BCUT2D eigenvalue weighted by Gasteiger charge is -2.20. The molecule has 0 saturated carbocycles. The van der Waals surface area contributed by atoms with Gasteiger partial charge in [0.15, 0.2) is 0 Å². The van der Waals surface area contributed by atoms with Crippen LogP contribution in [-0.2, 0) is 9.53 Å². The van der Waals surface area contributed by atoms with E-state index >= 15 is 0 Å². The number of methoxy groups -OCH3 is 1. The Morgan fingerprint density at radius 2 is 2.11 bits per heavy atom. The lowest BCUT2D eigenvalue weighted by Crippen LogP contribution is -2.33. The summed E-state index contributed by atoms with van der Waals surface area (Å²) in [5, 5.41) is -0.0332. The van der Waals surface area contributed by atoms with E-state index in [1.165, 1.54) is 24.1 Å². The average molecular weight is 288 g/mol. The van der Waals surface area contributed by atoms with Crippen molar-refractivity contribution in [3.63, 3.8) is 0 Å². The number of hydrogen-bond acceptors (Lipinski definition) is 3. The van der Waals surface area contributed by atoms with Crippen LogP contribution >= 0.6 is 11.6 Å². The molecule has 0 radical (unpaired) electrons. The number of rotatable bonds is 5. The Morgan fingerprint density at radius 3 is 2.63 bits per heavy atom. The van der Waals surface area contributed by atoms with Gasteiger partial charge in [-0.1, -0.05) is 11.6 Å². The zero-order valence-electron chi connectivity index (χ0n) is 10.8. The van der Waals surface area contributed by atoms with Crippen LogP contribution in [0.2, 0.25) is 5.02 Å². The minimum absolute atomic E-state index is 0.0332. The van der Waals surface area contributed by atoms with E-state index in [0.717, 1.165) is 6.07 Å². The molecule has 1 aromatic rings. The number of nitrogens with zero attached hydrogens (tertiary/aromatic N) is 1. The third kappa shape index (κ3) is 4.21. The molecule has 0 aliphatic carbocycles. The molecule has 0 aromatic heterocycles. The second-order valence-corrected chi connectivity index (χ2v) is 4.25. The summed E-state index contributed by atoms with van der Waals surface area (Å²) in [7, 11) is 1.29. The number of carbonyl (C=O) groups excluding carboxylic acids is 2. The van der Waals surface area contributed by atoms with Crippen molar-refractivity contribution in [2.75, 3.05) is 20.2 Å². The molecule has 0 atom stereocenters. The van der Waals surface area contributed by atoms with Crippen molar-refractivity contribution in [2.24, 2.45) is 0 Å². The highest BCUT2D eigenvalue weighted by molar-refractivity contribution is 6.30. The molecule has 19 heavy (non-hydrogen) atoms. The highest BCUT2D eigenvalue weighted by Crippen LogP contribution is 2.16. The molecule has 1 amide bonds. The van der Waals surface area contributed by atoms with Gasteiger partial charge >= 0.3 is 5.97 Å². The van der Waals surface area contributed by atoms with Gasteiger partial charge < -0.3 is 9.64 Å². The monoisotopic (exact) mass is 287 g/mol. The number of hydrogen-bond donors (Lipinski definition) is 0. The van der Waals surface area contributed by atoms with Crippen molar-refractivity contribution in [1.29, 1.82) is 0 Å². The van der Waals surface area contributed by atoms with Crippen molar-refractivity contribution in [3.05, 3.63) is 34.6 Å². The Morgan fingerprint density at radius 1 is 1.42 bits per heavy atom. The molecule has 0 aliphatic rings. The van der Waals surface area contributed by atoms with Crippen LogP contribution in [0.5, 0.6) is 0 Å². The number of amides is 1. The summed E-state index contributed by atoms with van der Waals surface area (Å²) in [6.07, 6.45) is 0.103. The first-order valence-corrected chi connectivity index (χ1v) is 6.18. The molecule has 0 aliphatic heterocycles. The SMILES string of the molecule is CCN(CCC(=O)OC)C(=O)c1ccc(Cl)c(F)c1. The van der Waals surface area contributed by atoms with Crippen molar-refractivity contribution >= 4 is 23.5 Å². The quantitative estimate of drug-likeness (QED) is 0.782. The predicted molar refractivity (Wildman–Crippen MR) is 69.6 cm³/mol. The summed E-state index contributed by atoms with van der Waals surface area (Å²) in [4.78, 5) is 24.6. The van der Waals surface area contributed by atoms with Crippen LogP contribution in [0.3, 0.4) is 0 Å². The van der Waals surface area contributed by atoms with Crippen molar-refractivity contribution in [3.8, 4) is 0 Å². The van der Waals surface area contributed by atoms with Crippen LogP contribution in [-0.4, -0.2) is 37.0 Å². The van der Waals surface area contributed by atoms with Gasteiger partial charge in [-0.15, -0.1) is 0 Å². The molecule has 1 aromatic carbocycles. The third-order valence-electron chi connectivity index (χ3n) is 2.65. The van der Waals surface area contributed by atoms with Gasteiger partial charge in [0.1, 0.15) is 5.82 Å². The van der Waals surface area contributed by atoms with Crippen LogP contribution in [0, 0.1) is 5.82 Å². The van der Waals surface area contributed by atoms with Gasteiger partial charge in [0.05, 0.1) is 18.6 Å². The molecule has 0 bridgehead atoms. The highest BCUT2D eigenvalue weighted by Gasteiger charge is 2.16. The molecule has 1 rings (SSSR count). The Balaban J connectivity index is 2.77. The molecular weight excluding hydrogens is 273 g/mol. The first-order chi connectivity index (χ1) is 8.99. The second kappa shape index (κ2) is 7.09. The van der Waals surface area contributed by atoms with Gasteiger partial charge in [-0.3, -0.25) is 9.59 Å². The first-order valence-electron chi connectivity index (χ1n) is 5.80. The standard InChI is InChI=1S/C13H15ClFNO3/c1-3-16(7-6-12(17)19-2)13(18)9-4-5-10(14)11(15)8-9/h4-5,8H,3,6-7H2,1-2H3. The number of ether oxygens (including phenoxy) is 1. The number of halogens is 2. The molecule has 0 heterocycles. The molecule has 6 heteroatoms. The van der Waals surface area contributed by atoms with Crippen LogP contribution in [0.15, 0.2) is 18.2 Å². The van der Waals surface area contributed by atoms with E-state index in [-0.39, 0.29) is 29.5 Å². The summed E-state index contributed by atoms with van der Waals surface area (Å²) in [6, 6.07) is 3.87. The topological polar surface area (TPSA) is 46.6 Å². The van der Waals surface area contributed by atoms with Crippen LogP contribution in [0.1, 0.15) is 23.7 Å². The molecule has 104 valence electrons. The van der Waals surface area contributed by atoms with Gasteiger partial charge in [-0.25, -0.2) is 4.39 Å². The second-order valence-electron chi connectivity index (χ2n) is 3.84. The lowest BCUT2D eigenvalue weighted by molar-refractivity contribution is -0.140. The zero-order chi connectivity index (χ0) is 14.4. The molecule has 0 spiro atoms. The summed E-state index contributed by atoms with van der Waals surface area (Å²) >= 11 is 5.56. The minimum atomic E-state index is -0.642. The molecule has 0 saturated heterocycles. The van der Waals surface area contributed by atoms with E-state index in [2.05, 4.69) is 4.74 Å². The number of esters is 1. The fourth-order valence-electron chi connectivity index (χ4n) is 1.54. The molecule has 0 unspecified atom stereocenters. The highest BCUT2D eigenvalue weighted by atomic mass is 35.5. The summed E-state index contributed by atoms with van der Waals surface area (Å²) in [5.74, 6) is -1.38. The van der Waals surface area contributed by atoms with Gasteiger partial charge in [0.2, 0.25) is 0 Å². The summed E-state index contributed by atoms with van der Waals surface area (Å²) < 4.78 is 17.8. The van der Waals surface area contributed by atoms with Crippen molar-refractivity contribution in [1.82, 2.24) is 4.90 Å². The number of carbonyl (C=O) groups is 2. The smallest absolute Gasteiger partial charge is 0.307 e. The Hall–Kier alpha value is -1.62. The van der Waals surface area contributed by atoms with E-state index in [9.17, 15) is 14.0 Å². The van der Waals surface area contributed by atoms with Gasteiger partial charge in [0.25, 0.3) is 5.91 Å². The molecule has 4 nitrogen and oxygen atoms in total. The number of benzene rings is 1. The maximum Gasteiger partial charge on any atom is 0.307 e. The fraction of sp³-hybridized carbons (Fsp3) is 0.385. The van der Waals surface area contributed by atoms with E-state index in [0.29, 0.717) is 6.54 Å². The van der Waals surface area contributed by atoms with Gasteiger partial charge in [0, 0.05) is 18.7 Å². The Labute approximate surface area is 116 Å². The van der Waals surface area contributed by atoms with E-state index < -0.39 is 11.8 Å². The zero-order valence-corrected chi connectivity index (χ0v) is 11.5. The van der Waals surface area contributed by atoms with E-state index in [1.54, 1.807) is 6.92 Å². The van der Waals surface area contributed by atoms with Gasteiger partial charge in [-0.05, 0) is 25.1 Å². The molecule has 0 fully saturated rings. The minimum Gasteiger partial charge on any atom is -0.469 e. The maximum atomic E-state index is 13.3. The van der Waals surface area contributed by atoms with Gasteiger partial charge in [-0.2, -0.15) is 0 Å². The lowest BCUT2D eigenvalue weighted by atomic mass is 10.2. The van der Waals surface area contributed by atoms with Crippen molar-refractivity contribution < 1.29 is 18.7 Å². The van der Waals surface area contributed by atoms with Crippen LogP contribution in [0.25, 0.3) is 0 Å². The predicted octanol–water partition coefficient (Wildman–Crippen LogP) is 2.50. The first kappa shape index (κ1) is 15.4. The summed E-state index contributed by atoms with van der Waals surface area (Å²) in [6.45, 7) is 2.42. The van der Waals surface area contributed by atoms with Crippen LogP contribution < -0.4 is 0 Å².